The Morgan fingerprint density at radius 2 is 1.54 bits per heavy atom. The van der Waals surface area contributed by atoms with Crippen molar-refractivity contribution < 1.29 is 9.59 Å². The number of anilines is 2. The molecule has 0 spiro atoms. The Morgan fingerprint density at radius 1 is 0.929 bits per heavy atom. The van der Waals surface area contributed by atoms with Gasteiger partial charge in [0.25, 0.3) is 11.5 Å². The number of nitrogen functional groups attached to an aromatic ring is 1. The predicted octanol–water partition coefficient (Wildman–Crippen LogP) is 0.508. The molecule has 3 amide bonds. The number of H-pyrrole nitrogens is 2. The lowest BCUT2D eigenvalue weighted by Crippen LogP contribution is -2.45. The van der Waals surface area contributed by atoms with E-state index >= 15 is 0 Å². The number of carbonyl (C=O) groups is 2. The van der Waals surface area contributed by atoms with Crippen LogP contribution < -0.4 is 32.9 Å². The third-order valence-electron chi connectivity index (χ3n) is 4.64. The first-order chi connectivity index (χ1) is 13.4. The number of para-hydroxylation sites is 1. The molecule has 148 valence electrons. The third-order valence-corrected chi connectivity index (χ3v) is 4.64. The van der Waals surface area contributed by atoms with Crippen LogP contribution in [0.4, 0.5) is 16.2 Å². The van der Waals surface area contributed by atoms with E-state index in [1.54, 1.807) is 12.1 Å². The quantitative estimate of drug-likeness (QED) is 0.450. The van der Waals surface area contributed by atoms with Crippen molar-refractivity contribution in [3.63, 3.8) is 0 Å². The second kappa shape index (κ2) is 8.42. The number of amides is 3. The van der Waals surface area contributed by atoms with E-state index in [9.17, 15) is 19.2 Å². The van der Waals surface area contributed by atoms with Crippen molar-refractivity contribution in [3.05, 3.63) is 56.9 Å². The number of benzene rings is 1. The van der Waals surface area contributed by atoms with E-state index in [1.165, 1.54) is 0 Å². The van der Waals surface area contributed by atoms with Crippen molar-refractivity contribution in [2.24, 2.45) is 0 Å². The molecule has 0 saturated heterocycles. The van der Waals surface area contributed by atoms with Gasteiger partial charge in [-0.2, -0.15) is 0 Å². The zero-order valence-corrected chi connectivity index (χ0v) is 15.1. The van der Waals surface area contributed by atoms with Gasteiger partial charge >= 0.3 is 11.7 Å². The Hall–Kier alpha value is -3.56. The minimum absolute atomic E-state index is 0.00121. The third kappa shape index (κ3) is 4.78. The molecular weight excluding hydrogens is 364 g/mol. The number of hydrogen-bond donors (Lipinski definition) is 6. The lowest BCUT2D eigenvalue weighted by Gasteiger charge is -2.29. The smallest absolute Gasteiger partial charge is 0.326 e. The molecule has 2 aromatic rings. The molecule has 1 aliphatic carbocycles. The Labute approximate surface area is 159 Å². The van der Waals surface area contributed by atoms with E-state index in [-0.39, 0.29) is 29.5 Å². The van der Waals surface area contributed by atoms with E-state index in [4.69, 9.17) is 5.73 Å². The second-order valence-corrected chi connectivity index (χ2v) is 6.68. The molecule has 0 radical (unpaired) electrons. The monoisotopic (exact) mass is 386 g/mol. The summed E-state index contributed by atoms with van der Waals surface area (Å²) in [5.41, 5.74) is 4.12. The number of rotatable bonds is 4. The largest absolute Gasteiger partial charge is 0.392 e. The van der Waals surface area contributed by atoms with Crippen molar-refractivity contribution in [2.75, 3.05) is 11.1 Å². The molecular formula is C18H22N6O4. The maximum Gasteiger partial charge on any atom is 0.326 e. The van der Waals surface area contributed by atoms with Crippen LogP contribution in [-0.4, -0.2) is 34.0 Å². The summed E-state index contributed by atoms with van der Waals surface area (Å²) in [5.74, 6) is -0.598. The van der Waals surface area contributed by atoms with Gasteiger partial charge in [-0.25, -0.2) is 9.59 Å². The lowest BCUT2D eigenvalue weighted by molar-refractivity contribution is 0.0919. The van der Waals surface area contributed by atoms with Crippen LogP contribution in [0.5, 0.6) is 0 Å². The molecule has 0 unspecified atom stereocenters. The number of hydrogen-bond acceptors (Lipinski definition) is 5. The molecule has 1 aliphatic rings. The van der Waals surface area contributed by atoms with E-state index in [0.717, 1.165) is 0 Å². The molecule has 10 heteroatoms. The first-order valence-corrected chi connectivity index (χ1v) is 8.98. The zero-order valence-electron chi connectivity index (χ0n) is 15.1. The molecule has 0 bridgehead atoms. The average molecular weight is 386 g/mol. The van der Waals surface area contributed by atoms with Gasteiger partial charge in [-0.05, 0) is 37.8 Å². The molecule has 1 saturated carbocycles. The molecule has 1 heterocycles. The maximum atomic E-state index is 12.3. The van der Waals surface area contributed by atoms with Crippen molar-refractivity contribution in [3.8, 4) is 0 Å². The van der Waals surface area contributed by atoms with Crippen LogP contribution >= 0.6 is 0 Å². The number of aromatic amines is 2. The summed E-state index contributed by atoms with van der Waals surface area (Å²) in [6.07, 6.45) is 2.67. The van der Waals surface area contributed by atoms with Gasteiger partial charge in [0.05, 0.1) is 0 Å². The molecule has 3 rings (SSSR count). The number of urea groups is 1. The SMILES string of the molecule is Nc1c(C(=O)N[C@H]2CC[C@@H](NC(=O)Nc3ccccc3)CC2)[nH]c(=O)[nH]c1=O. The van der Waals surface area contributed by atoms with Crippen molar-refractivity contribution >= 4 is 23.3 Å². The van der Waals surface area contributed by atoms with Crippen LogP contribution in [0.1, 0.15) is 36.2 Å². The van der Waals surface area contributed by atoms with Gasteiger partial charge in [0, 0.05) is 17.8 Å². The van der Waals surface area contributed by atoms with Crippen LogP contribution in [0.2, 0.25) is 0 Å². The highest BCUT2D eigenvalue weighted by molar-refractivity contribution is 5.97. The number of carbonyl (C=O) groups excluding carboxylic acids is 2. The minimum Gasteiger partial charge on any atom is -0.392 e. The first kappa shape index (κ1) is 19.2. The summed E-state index contributed by atoms with van der Waals surface area (Å²) in [7, 11) is 0. The maximum absolute atomic E-state index is 12.3. The Morgan fingerprint density at radius 3 is 2.18 bits per heavy atom. The van der Waals surface area contributed by atoms with Crippen molar-refractivity contribution in [2.45, 2.75) is 37.8 Å². The van der Waals surface area contributed by atoms with Crippen molar-refractivity contribution in [1.29, 1.82) is 0 Å². The van der Waals surface area contributed by atoms with E-state index in [0.29, 0.717) is 31.4 Å². The number of aromatic nitrogens is 2. The zero-order chi connectivity index (χ0) is 20.1. The highest BCUT2D eigenvalue weighted by Crippen LogP contribution is 2.19. The molecule has 0 aliphatic heterocycles. The Bertz CT molecular complexity index is 960. The topological polar surface area (TPSA) is 162 Å². The molecule has 28 heavy (non-hydrogen) atoms. The molecule has 7 N–H and O–H groups in total. The van der Waals surface area contributed by atoms with Gasteiger partial charge in [-0.1, -0.05) is 18.2 Å². The summed E-state index contributed by atoms with van der Waals surface area (Å²) < 4.78 is 0. The van der Waals surface area contributed by atoms with Crippen LogP contribution in [-0.2, 0) is 0 Å². The molecule has 1 aromatic heterocycles. The minimum atomic E-state index is -0.800. The van der Waals surface area contributed by atoms with Gasteiger partial charge in [-0.15, -0.1) is 0 Å². The van der Waals surface area contributed by atoms with Gasteiger partial charge in [0.2, 0.25) is 0 Å². The number of nitrogens with two attached hydrogens (primary N) is 1. The summed E-state index contributed by atoms with van der Waals surface area (Å²) in [6.45, 7) is 0. The van der Waals surface area contributed by atoms with Crippen LogP contribution in [0, 0.1) is 0 Å². The fraction of sp³-hybridized carbons (Fsp3) is 0.333. The molecule has 1 fully saturated rings. The lowest BCUT2D eigenvalue weighted by atomic mass is 9.91. The summed E-state index contributed by atoms with van der Waals surface area (Å²) in [4.78, 5) is 51.4. The summed E-state index contributed by atoms with van der Waals surface area (Å²) in [6, 6.07) is 8.74. The van der Waals surface area contributed by atoms with Gasteiger partial charge in [0.15, 0.2) is 0 Å². The highest BCUT2D eigenvalue weighted by atomic mass is 16.2. The fourth-order valence-corrected chi connectivity index (χ4v) is 3.19. The van der Waals surface area contributed by atoms with Gasteiger partial charge < -0.3 is 26.7 Å². The molecule has 1 aromatic carbocycles. The fourth-order valence-electron chi connectivity index (χ4n) is 3.19. The Balaban J connectivity index is 1.49. The van der Waals surface area contributed by atoms with E-state index in [2.05, 4.69) is 20.9 Å². The first-order valence-electron chi connectivity index (χ1n) is 8.98. The molecule has 10 nitrogen and oxygen atoms in total. The van der Waals surface area contributed by atoms with Gasteiger partial charge in [-0.3, -0.25) is 14.6 Å². The Kier molecular flexibility index (Phi) is 5.78. The summed E-state index contributed by atoms with van der Waals surface area (Å²) >= 11 is 0. The highest BCUT2D eigenvalue weighted by Gasteiger charge is 2.25. The predicted molar refractivity (Wildman–Crippen MR) is 104 cm³/mol. The van der Waals surface area contributed by atoms with Gasteiger partial charge in [0.1, 0.15) is 11.4 Å². The average Bonchev–Trinajstić information content (AvgIpc) is 2.67. The standard InChI is InChI=1S/C18H22N6O4/c19-13-14(23-18(28)24-15(13)25)16(26)20-11-6-8-12(9-7-11)22-17(27)21-10-4-2-1-3-5-10/h1-5,11-12H,6-9,19H2,(H,20,26)(H2,21,22,27)(H2,23,24,25,28)/t11-,12+. The van der Waals surface area contributed by atoms with E-state index < -0.39 is 17.2 Å². The summed E-state index contributed by atoms with van der Waals surface area (Å²) in [5, 5.41) is 8.47. The van der Waals surface area contributed by atoms with E-state index in [1.807, 2.05) is 23.2 Å². The normalized spacial score (nSPS) is 18.9. The van der Waals surface area contributed by atoms with Crippen molar-refractivity contribution in [1.82, 2.24) is 20.6 Å². The van der Waals surface area contributed by atoms with Crippen LogP contribution in [0.3, 0.4) is 0 Å². The van der Waals surface area contributed by atoms with Crippen LogP contribution in [0.15, 0.2) is 39.9 Å². The second-order valence-electron chi connectivity index (χ2n) is 6.68. The molecule has 0 atom stereocenters. The van der Waals surface area contributed by atoms with Crippen LogP contribution in [0.25, 0.3) is 0 Å². The number of nitrogens with one attached hydrogen (secondary N) is 5.